The van der Waals surface area contributed by atoms with Gasteiger partial charge in [0.1, 0.15) is 0 Å². The predicted octanol–water partition coefficient (Wildman–Crippen LogP) is 3.38. The highest BCUT2D eigenvalue weighted by atomic mass is 79.9. The Balaban J connectivity index is 1.64. The number of nitro benzene ring substituents is 1. The summed E-state index contributed by atoms with van der Waals surface area (Å²) in [4.78, 5) is 12.7. The number of piperidine rings is 1. The van der Waals surface area contributed by atoms with Crippen molar-refractivity contribution in [3.05, 3.63) is 81.3 Å². The van der Waals surface area contributed by atoms with Crippen molar-refractivity contribution in [3.63, 3.8) is 0 Å². The third-order valence-electron chi connectivity index (χ3n) is 5.74. The topological polar surface area (TPSA) is 83.8 Å². The van der Waals surface area contributed by atoms with Crippen molar-refractivity contribution in [2.75, 3.05) is 19.6 Å². The van der Waals surface area contributed by atoms with E-state index in [4.69, 9.17) is 0 Å². The van der Waals surface area contributed by atoms with E-state index in [1.165, 1.54) is 34.1 Å². The van der Waals surface area contributed by atoms with Crippen LogP contribution in [0.15, 0.2) is 70.6 Å². The third kappa shape index (κ3) is 3.42. The zero-order chi connectivity index (χ0) is 20.8. The molecule has 0 amide bonds. The summed E-state index contributed by atoms with van der Waals surface area (Å²) in [5.74, 6) is 0.222. The molecule has 5 rings (SSSR count). The Bertz CT molecular complexity index is 1040. The van der Waals surface area contributed by atoms with Crippen LogP contribution in [0.2, 0.25) is 0 Å². The second-order valence-corrected chi connectivity index (χ2v) is 10.1. The second kappa shape index (κ2) is 7.64. The molecule has 3 atom stereocenters. The molecule has 2 aromatic rings. The molecule has 1 unspecified atom stereocenters. The largest absolute Gasteiger partial charge is 0.290 e. The maximum atomic E-state index is 13.2. The summed E-state index contributed by atoms with van der Waals surface area (Å²) >= 11 is 3.45. The molecule has 9 heteroatoms. The van der Waals surface area contributed by atoms with Gasteiger partial charge in [0, 0.05) is 48.2 Å². The molecule has 0 aliphatic carbocycles. The van der Waals surface area contributed by atoms with Gasteiger partial charge in [0.15, 0.2) is 4.90 Å². The zero-order valence-electron chi connectivity index (χ0n) is 15.5. The van der Waals surface area contributed by atoms with E-state index in [0.29, 0.717) is 19.6 Å². The van der Waals surface area contributed by atoms with E-state index >= 15 is 0 Å². The van der Waals surface area contributed by atoms with Gasteiger partial charge in [0.05, 0.1) is 4.92 Å². The Morgan fingerprint density at radius 1 is 1.14 bits per heavy atom. The van der Waals surface area contributed by atoms with Crippen LogP contribution in [0.3, 0.4) is 0 Å². The number of rotatable bonds is 6. The monoisotopic (exact) mass is 477 g/mol. The van der Waals surface area contributed by atoms with E-state index < -0.39 is 14.9 Å². The fraction of sp³-hybridized carbons (Fsp3) is 0.300. The molecule has 3 fully saturated rings. The number of halogens is 1. The molecule has 0 N–H and O–H groups in total. The van der Waals surface area contributed by atoms with Gasteiger partial charge in [-0.15, -0.1) is 6.58 Å². The Labute approximate surface area is 178 Å². The first-order valence-electron chi connectivity index (χ1n) is 9.20. The first-order chi connectivity index (χ1) is 13.8. The third-order valence-corrected chi connectivity index (χ3v) is 8.14. The molecular formula is C20H20BrN3O4S. The maximum absolute atomic E-state index is 13.2. The minimum atomic E-state index is -3.96. The molecule has 3 aliphatic rings. The van der Waals surface area contributed by atoms with Crippen LogP contribution in [0.25, 0.3) is 0 Å². The molecule has 0 radical (unpaired) electrons. The molecule has 0 aromatic heterocycles. The Hall–Kier alpha value is -2.07. The number of piperazine rings is 1. The lowest BCUT2D eigenvalue weighted by Crippen LogP contribution is -2.73. The number of benzene rings is 2. The van der Waals surface area contributed by atoms with E-state index in [1.54, 1.807) is 0 Å². The van der Waals surface area contributed by atoms with E-state index in [0.717, 1.165) is 4.47 Å². The van der Waals surface area contributed by atoms with E-state index in [9.17, 15) is 18.5 Å². The fourth-order valence-corrected chi connectivity index (χ4v) is 6.35. The minimum Gasteiger partial charge on any atom is -0.290 e. The highest BCUT2D eigenvalue weighted by molar-refractivity contribution is 9.10. The van der Waals surface area contributed by atoms with Crippen molar-refractivity contribution in [1.29, 1.82) is 0 Å². The minimum absolute atomic E-state index is 0.00506. The normalized spacial score (nSPS) is 24.7. The number of nitrogens with zero attached hydrogens (tertiary/aromatic N) is 3. The van der Waals surface area contributed by atoms with Crippen molar-refractivity contribution in [3.8, 4) is 0 Å². The van der Waals surface area contributed by atoms with Gasteiger partial charge in [-0.25, -0.2) is 8.42 Å². The quantitative estimate of drug-likeness (QED) is 0.361. The molecule has 29 heavy (non-hydrogen) atoms. The Kier molecular flexibility index (Phi) is 5.32. The standard InChI is InChI=1S/C20H20BrN3O4S/c1-2-11-23-17-12-22(13-18(23)20(17)14-7-9-15(21)10-8-14)29(27,28)19-6-4-3-5-16(19)24(25)26/h2-10,17-18,20H,1,11-13H2/t17-,18+,20?. The molecule has 0 spiro atoms. The van der Waals surface area contributed by atoms with Gasteiger partial charge in [-0.3, -0.25) is 15.0 Å². The summed E-state index contributed by atoms with van der Waals surface area (Å²) in [6.07, 6.45) is 1.82. The van der Waals surface area contributed by atoms with Gasteiger partial charge in [0.2, 0.25) is 10.0 Å². The highest BCUT2D eigenvalue weighted by Gasteiger charge is 2.55. The van der Waals surface area contributed by atoms with Crippen molar-refractivity contribution >= 4 is 31.6 Å². The van der Waals surface area contributed by atoms with Gasteiger partial charge in [-0.05, 0) is 23.8 Å². The molecule has 3 heterocycles. The summed E-state index contributed by atoms with van der Waals surface area (Å²) in [6.45, 7) is 5.08. The number of hydrogen-bond acceptors (Lipinski definition) is 5. The summed E-state index contributed by atoms with van der Waals surface area (Å²) in [5, 5.41) is 11.3. The molecule has 3 aliphatic heterocycles. The molecule has 2 aromatic carbocycles. The van der Waals surface area contributed by atoms with E-state index in [2.05, 4.69) is 39.5 Å². The average Bonchev–Trinajstić information content (AvgIpc) is 2.72. The SMILES string of the molecule is C=CCN1[C@@H]2CN(S(=O)(=O)c3ccccc3[N+](=O)[O-])C[C@H]1C2c1ccc(Br)cc1. The molecular weight excluding hydrogens is 458 g/mol. The van der Waals surface area contributed by atoms with Crippen LogP contribution < -0.4 is 0 Å². The lowest BCUT2D eigenvalue weighted by molar-refractivity contribution is -0.387. The molecule has 0 saturated carbocycles. The first kappa shape index (κ1) is 20.2. The maximum Gasteiger partial charge on any atom is 0.289 e. The van der Waals surface area contributed by atoms with Gasteiger partial charge < -0.3 is 0 Å². The van der Waals surface area contributed by atoms with Crippen LogP contribution in [-0.4, -0.2) is 54.3 Å². The van der Waals surface area contributed by atoms with Crippen molar-refractivity contribution in [1.82, 2.24) is 9.21 Å². The number of sulfonamides is 1. The zero-order valence-corrected chi connectivity index (χ0v) is 17.9. The number of para-hydroxylation sites is 1. The van der Waals surface area contributed by atoms with E-state index in [-0.39, 0.29) is 28.6 Å². The lowest BCUT2D eigenvalue weighted by atomic mass is 9.72. The summed E-state index contributed by atoms with van der Waals surface area (Å²) < 4.78 is 28.8. The Morgan fingerprint density at radius 3 is 2.34 bits per heavy atom. The van der Waals surface area contributed by atoms with Gasteiger partial charge in [-0.2, -0.15) is 4.31 Å². The van der Waals surface area contributed by atoms with Gasteiger partial charge in [-0.1, -0.05) is 46.3 Å². The van der Waals surface area contributed by atoms with Crippen LogP contribution in [-0.2, 0) is 10.0 Å². The first-order valence-corrected chi connectivity index (χ1v) is 11.4. The molecule has 3 saturated heterocycles. The fourth-order valence-electron chi connectivity index (χ4n) is 4.45. The van der Waals surface area contributed by atoms with Crippen LogP contribution in [0, 0.1) is 10.1 Å². The van der Waals surface area contributed by atoms with E-state index in [1.807, 2.05) is 18.2 Å². The van der Waals surface area contributed by atoms with Crippen molar-refractivity contribution in [2.45, 2.75) is 22.9 Å². The molecule has 2 bridgehead atoms. The smallest absolute Gasteiger partial charge is 0.289 e. The average molecular weight is 478 g/mol. The van der Waals surface area contributed by atoms with Crippen molar-refractivity contribution in [2.24, 2.45) is 0 Å². The highest BCUT2D eigenvalue weighted by Crippen LogP contribution is 2.46. The van der Waals surface area contributed by atoms with Crippen molar-refractivity contribution < 1.29 is 13.3 Å². The number of nitro groups is 1. The summed E-state index contributed by atoms with van der Waals surface area (Å²) in [5.41, 5.74) is 0.783. The lowest BCUT2D eigenvalue weighted by Gasteiger charge is -2.61. The molecule has 152 valence electrons. The summed E-state index contributed by atoms with van der Waals surface area (Å²) in [7, 11) is -3.96. The Morgan fingerprint density at radius 2 is 1.76 bits per heavy atom. The second-order valence-electron chi connectivity index (χ2n) is 7.24. The molecule has 7 nitrogen and oxygen atoms in total. The summed E-state index contributed by atoms with van der Waals surface area (Å²) in [6, 6.07) is 13.6. The van der Waals surface area contributed by atoms with Crippen LogP contribution in [0.1, 0.15) is 11.5 Å². The van der Waals surface area contributed by atoms with Crippen LogP contribution in [0.5, 0.6) is 0 Å². The van der Waals surface area contributed by atoms with Gasteiger partial charge >= 0.3 is 0 Å². The van der Waals surface area contributed by atoms with Crippen LogP contribution in [0.4, 0.5) is 5.69 Å². The number of hydrogen-bond donors (Lipinski definition) is 0. The van der Waals surface area contributed by atoms with Gasteiger partial charge in [0.25, 0.3) is 5.69 Å². The van der Waals surface area contributed by atoms with Crippen LogP contribution >= 0.6 is 15.9 Å². The number of fused-ring (bicyclic) bond motifs is 2. The predicted molar refractivity (Wildman–Crippen MR) is 113 cm³/mol.